The zero-order valence-electron chi connectivity index (χ0n) is 14.3. The number of amides is 1. The van der Waals surface area contributed by atoms with Crippen LogP contribution in [0.25, 0.3) is 0 Å². The summed E-state index contributed by atoms with van der Waals surface area (Å²) in [6, 6.07) is 3.13. The Morgan fingerprint density at radius 1 is 1.38 bits per heavy atom. The molecule has 2 rings (SSSR count). The maximum Gasteiger partial charge on any atom is 0.435 e. The molecule has 0 atom stereocenters. The molecule has 10 heteroatoms. The monoisotopic (exact) mass is 391 g/mol. The highest BCUT2D eigenvalue weighted by Gasteiger charge is 2.38. The Kier molecular flexibility index (Phi) is 6.01. The molecular weight excluding hydrogens is 375 g/mol. The van der Waals surface area contributed by atoms with Crippen LogP contribution in [0.2, 0.25) is 5.02 Å². The predicted molar refractivity (Wildman–Crippen MR) is 88.6 cm³/mol. The first-order chi connectivity index (χ1) is 12.2. The summed E-state index contributed by atoms with van der Waals surface area (Å²) in [6.45, 7) is 2.12. The van der Waals surface area contributed by atoms with Gasteiger partial charge >= 0.3 is 6.18 Å². The van der Waals surface area contributed by atoms with Crippen molar-refractivity contribution in [2.75, 3.05) is 13.7 Å². The smallest absolute Gasteiger partial charge is 0.435 e. The number of aromatic nitrogens is 2. The number of carbonyl (C=O) groups excluding carboxylic acids is 1. The molecule has 0 aliphatic carbocycles. The summed E-state index contributed by atoms with van der Waals surface area (Å²) in [5, 5.41) is 6.00. The highest BCUT2D eigenvalue weighted by molar-refractivity contribution is 6.32. The van der Waals surface area contributed by atoms with Crippen LogP contribution in [0.4, 0.5) is 13.2 Å². The SMILES string of the molecule is CCOc1c(Cl)cc(CNC(=O)c2cn(C)nc2C(F)(F)F)cc1OC. The van der Waals surface area contributed by atoms with Crippen molar-refractivity contribution in [2.45, 2.75) is 19.6 Å². The standard InChI is InChI=1S/C16H17ClF3N3O3/c1-4-26-13-11(17)5-9(6-12(13)25-3)7-21-15(24)10-8-23(2)22-14(10)16(18,19)20/h5-6,8H,4,7H2,1-3H3,(H,21,24). The molecule has 1 heterocycles. The topological polar surface area (TPSA) is 65.4 Å². The predicted octanol–water partition coefficient (Wildman–Crippen LogP) is 3.43. The quantitative estimate of drug-likeness (QED) is 0.819. The van der Waals surface area contributed by atoms with Crippen LogP contribution in [-0.4, -0.2) is 29.4 Å². The highest BCUT2D eigenvalue weighted by Crippen LogP contribution is 2.36. The summed E-state index contributed by atoms with van der Waals surface area (Å²) in [4.78, 5) is 12.2. The van der Waals surface area contributed by atoms with Crippen LogP contribution in [0.3, 0.4) is 0 Å². The maximum absolute atomic E-state index is 13.0. The summed E-state index contributed by atoms with van der Waals surface area (Å²) < 4.78 is 50.4. The maximum atomic E-state index is 13.0. The Labute approximate surface area is 152 Å². The number of hydrogen-bond acceptors (Lipinski definition) is 4. The van der Waals surface area contributed by atoms with Gasteiger partial charge in [0.05, 0.1) is 24.3 Å². The highest BCUT2D eigenvalue weighted by atomic mass is 35.5. The zero-order chi connectivity index (χ0) is 19.5. The van der Waals surface area contributed by atoms with Gasteiger partial charge in [0.1, 0.15) is 0 Å². The molecule has 0 bridgehead atoms. The number of benzene rings is 1. The van der Waals surface area contributed by atoms with Gasteiger partial charge in [0.15, 0.2) is 17.2 Å². The first-order valence-electron chi connectivity index (χ1n) is 7.55. The van der Waals surface area contributed by atoms with Crippen LogP contribution in [0.15, 0.2) is 18.3 Å². The second kappa shape index (κ2) is 7.86. The second-order valence-electron chi connectivity index (χ2n) is 5.29. The van der Waals surface area contributed by atoms with Crippen molar-refractivity contribution < 1.29 is 27.4 Å². The number of alkyl halides is 3. The Bertz CT molecular complexity index is 806. The molecule has 0 spiro atoms. The van der Waals surface area contributed by atoms with E-state index in [9.17, 15) is 18.0 Å². The minimum atomic E-state index is -4.72. The second-order valence-corrected chi connectivity index (χ2v) is 5.69. The number of methoxy groups -OCH3 is 1. The molecule has 1 aromatic heterocycles. The van der Waals surface area contributed by atoms with E-state index in [0.29, 0.717) is 23.7 Å². The Hall–Kier alpha value is -2.42. The van der Waals surface area contributed by atoms with Crippen molar-refractivity contribution in [3.8, 4) is 11.5 Å². The molecule has 0 saturated carbocycles. The summed E-state index contributed by atoms with van der Waals surface area (Å²) in [7, 11) is 2.74. The summed E-state index contributed by atoms with van der Waals surface area (Å²) in [5.41, 5.74) is -1.25. The van der Waals surface area contributed by atoms with Crippen LogP contribution in [0.5, 0.6) is 11.5 Å². The third-order valence-electron chi connectivity index (χ3n) is 3.37. The van der Waals surface area contributed by atoms with E-state index in [1.54, 1.807) is 19.1 Å². The average Bonchev–Trinajstić information content (AvgIpc) is 2.97. The van der Waals surface area contributed by atoms with Gasteiger partial charge in [0.2, 0.25) is 0 Å². The first-order valence-corrected chi connectivity index (χ1v) is 7.93. The van der Waals surface area contributed by atoms with Crippen LogP contribution >= 0.6 is 11.6 Å². The molecule has 2 aromatic rings. The van der Waals surface area contributed by atoms with Crippen LogP contribution in [0.1, 0.15) is 28.5 Å². The van der Waals surface area contributed by atoms with Gasteiger partial charge in [-0.05, 0) is 24.6 Å². The van der Waals surface area contributed by atoms with Gasteiger partial charge in [-0.25, -0.2) is 0 Å². The van der Waals surface area contributed by atoms with Crippen molar-refractivity contribution >= 4 is 17.5 Å². The normalized spacial score (nSPS) is 11.3. The van der Waals surface area contributed by atoms with Gasteiger partial charge < -0.3 is 14.8 Å². The number of rotatable bonds is 6. The molecule has 0 aliphatic rings. The Balaban J connectivity index is 2.19. The fourth-order valence-electron chi connectivity index (χ4n) is 2.30. The minimum absolute atomic E-state index is 0.0481. The molecule has 0 unspecified atom stereocenters. The fraction of sp³-hybridized carbons (Fsp3) is 0.375. The number of halogens is 4. The molecule has 1 aromatic carbocycles. The molecule has 0 saturated heterocycles. The number of nitrogens with one attached hydrogen (secondary N) is 1. The first kappa shape index (κ1) is 19.9. The van der Waals surface area contributed by atoms with Gasteiger partial charge in [-0.15, -0.1) is 0 Å². The van der Waals surface area contributed by atoms with E-state index in [4.69, 9.17) is 21.1 Å². The average molecular weight is 392 g/mol. The molecule has 1 amide bonds. The van der Waals surface area contributed by atoms with E-state index in [1.165, 1.54) is 14.2 Å². The van der Waals surface area contributed by atoms with E-state index >= 15 is 0 Å². The van der Waals surface area contributed by atoms with E-state index in [1.807, 2.05) is 0 Å². The summed E-state index contributed by atoms with van der Waals surface area (Å²) in [6.07, 6.45) is -3.70. The lowest BCUT2D eigenvalue weighted by molar-refractivity contribution is -0.141. The Morgan fingerprint density at radius 3 is 2.65 bits per heavy atom. The molecule has 0 aliphatic heterocycles. The van der Waals surface area contributed by atoms with Gasteiger partial charge in [-0.3, -0.25) is 9.48 Å². The fourth-order valence-corrected chi connectivity index (χ4v) is 2.59. The third-order valence-corrected chi connectivity index (χ3v) is 3.65. The molecule has 0 radical (unpaired) electrons. The van der Waals surface area contributed by atoms with Crippen molar-refractivity contribution in [3.05, 3.63) is 40.2 Å². The van der Waals surface area contributed by atoms with Crippen molar-refractivity contribution in [2.24, 2.45) is 7.05 Å². The van der Waals surface area contributed by atoms with Crippen molar-refractivity contribution in [1.29, 1.82) is 0 Å². The molecular formula is C16H17ClF3N3O3. The summed E-state index contributed by atoms with van der Waals surface area (Å²) in [5.74, 6) is -0.172. The number of carbonyl (C=O) groups is 1. The van der Waals surface area contributed by atoms with E-state index < -0.39 is 23.3 Å². The van der Waals surface area contributed by atoms with Crippen molar-refractivity contribution in [1.82, 2.24) is 15.1 Å². The molecule has 1 N–H and O–H groups in total. The van der Waals surface area contributed by atoms with E-state index in [0.717, 1.165) is 10.9 Å². The van der Waals surface area contributed by atoms with Gasteiger partial charge in [-0.1, -0.05) is 11.6 Å². The number of aryl methyl sites for hydroxylation is 1. The molecule has 142 valence electrons. The van der Waals surface area contributed by atoms with E-state index in [-0.39, 0.29) is 11.6 Å². The lowest BCUT2D eigenvalue weighted by Gasteiger charge is -2.13. The third kappa shape index (κ3) is 4.40. The lowest BCUT2D eigenvalue weighted by atomic mass is 10.1. The molecule has 26 heavy (non-hydrogen) atoms. The summed E-state index contributed by atoms with van der Waals surface area (Å²) >= 11 is 6.13. The van der Waals surface area contributed by atoms with Crippen LogP contribution < -0.4 is 14.8 Å². The van der Waals surface area contributed by atoms with Gasteiger partial charge in [0.25, 0.3) is 5.91 Å². The van der Waals surface area contributed by atoms with Crippen LogP contribution in [-0.2, 0) is 19.8 Å². The van der Waals surface area contributed by atoms with E-state index in [2.05, 4.69) is 10.4 Å². The largest absolute Gasteiger partial charge is 0.493 e. The number of hydrogen-bond donors (Lipinski definition) is 1. The van der Waals surface area contributed by atoms with Crippen molar-refractivity contribution in [3.63, 3.8) is 0 Å². The minimum Gasteiger partial charge on any atom is -0.493 e. The molecule has 6 nitrogen and oxygen atoms in total. The van der Waals surface area contributed by atoms with Gasteiger partial charge in [0, 0.05) is 19.8 Å². The lowest BCUT2D eigenvalue weighted by Crippen LogP contribution is -2.25. The molecule has 0 fully saturated rings. The number of nitrogens with zero attached hydrogens (tertiary/aromatic N) is 2. The Morgan fingerprint density at radius 2 is 2.08 bits per heavy atom. The zero-order valence-corrected chi connectivity index (χ0v) is 15.0. The van der Waals surface area contributed by atoms with Gasteiger partial charge in [-0.2, -0.15) is 18.3 Å². The van der Waals surface area contributed by atoms with Crippen LogP contribution in [0, 0.1) is 0 Å². The number of ether oxygens (including phenoxy) is 2.